The highest BCUT2D eigenvalue weighted by Crippen LogP contribution is 2.13. The van der Waals surface area contributed by atoms with Crippen molar-refractivity contribution in [3.63, 3.8) is 0 Å². The second-order valence-electron chi connectivity index (χ2n) is 14.4. The predicted octanol–water partition coefficient (Wildman–Crippen LogP) is 11.5. The Hall–Kier alpha value is -1.10. The molecule has 0 aliphatic heterocycles. The highest BCUT2D eigenvalue weighted by Gasteiger charge is 2.05. The van der Waals surface area contributed by atoms with Crippen LogP contribution in [0.1, 0.15) is 195 Å². The molecule has 0 fully saturated rings. The zero-order chi connectivity index (χ0) is 32.5. The lowest BCUT2D eigenvalue weighted by Gasteiger charge is -2.16. The minimum Gasteiger partial charge on any atom is -0.466 e. The average Bonchev–Trinajstić information content (AvgIpc) is 2.98. The maximum Gasteiger partial charge on any atom is 0.305 e. The first kappa shape index (κ1) is 42.9. The first-order valence-corrected chi connectivity index (χ1v) is 19.3. The molecule has 0 aromatic heterocycles. The van der Waals surface area contributed by atoms with Crippen molar-refractivity contribution in [2.24, 2.45) is 11.8 Å². The van der Waals surface area contributed by atoms with Crippen LogP contribution in [0.5, 0.6) is 0 Å². The summed E-state index contributed by atoms with van der Waals surface area (Å²) in [6.45, 7) is 12.7. The van der Waals surface area contributed by atoms with Gasteiger partial charge in [-0.25, -0.2) is 0 Å². The van der Waals surface area contributed by atoms with Crippen molar-refractivity contribution in [3.8, 4) is 0 Å². The molecule has 262 valence electrons. The number of rotatable bonds is 34. The van der Waals surface area contributed by atoms with Crippen molar-refractivity contribution in [3.05, 3.63) is 0 Å². The second-order valence-corrected chi connectivity index (χ2v) is 14.4. The minimum absolute atomic E-state index is 0.00437. The maximum atomic E-state index is 11.9. The van der Waals surface area contributed by atoms with Gasteiger partial charge in [0.2, 0.25) is 0 Å². The zero-order valence-corrected chi connectivity index (χ0v) is 30.4. The molecule has 0 saturated heterocycles. The quantitative estimate of drug-likeness (QED) is 0.0527. The number of hydrogen-bond acceptors (Lipinski definition) is 5. The monoisotopic (exact) mass is 624 g/mol. The molecule has 0 bridgehead atoms. The maximum absolute atomic E-state index is 11.9. The Morgan fingerprint density at radius 1 is 0.432 bits per heavy atom. The SMILES string of the molecule is CC(C)CCCCCCCOC(=O)CCCCCCCCN(C)CCCCCCCCC(=O)OCCCCCCCC(C)C. The molecule has 44 heavy (non-hydrogen) atoms. The highest BCUT2D eigenvalue weighted by molar-refractivity contribution is 5.69. The summed E-state index contributed by atoms with van der Waals surface area (Å²) in [6, 6.07) is 0. The number of unbranched alkanes of at least 4 members (excludes halogenated alkanes) is 18. The van der Waals surface area contributed by atoms with Crippen molar-refractivity contribution in [1.29, 1.82) is 0 Å². The van der Waals surface area contributed by atoms with E-state index < -0.39 is 0 Å². The van der Waals surface area contributed by atoms with Gasteiger partial charge in [0, 0.05) is 12.8 Å². The smallest absolute Gasteiger partial charge is 0.305 e. The van der Waals surface area contributed by atoms with Gasteiger partial charge in [-0.1, -0.05) is 143 Å². The van der Waals surface area contributed by atoms with Gasteiger partial charge < -0.3 is 14.4 Å². The molecular formula is C39H77NO4. The normalized spacial score (nSPS) is 11.6. The number of esters is 2. The molecule has 0 aromatic rings. The zero-order valence-electron chi connectivity index (χ0n) is 30.4. The minimum atomic E-state index is -0.00437. The van der Waals surface area contributed by atoms with Crippen molar-refractivity contribution in [2.45, 2.75) is 195 Å². The summed E-state index contributed by atoms with van der Waals surface area (Å²) in [7, 11) is 2.25. The first-order valence-electron chi connectivity index (χ1n) is 19.3. The molecule has 0 aliphatic rings. The molecule has 0 saturated carbocycles. The van der Waals surface area contributed by atoms with E-state index in [-0.39, 0.29) is 11.9 Å². The van der Waals surface area contributed by atoms with Crippen LogP contribution in [0.15, 0.2) is 0 Å². The number of carbonyl (C=O) groups excluding carboxylic acids is 2. The lowest BCUT2D eigenvalue weighted by atomic mass is 10.0. The van der Waals surface area contributed by atoms with Gasteiger partial charge in [-0.3, -0.25) is 9.59 Å². The molecule has 5 heteroatoms. The highest BCUT2D eigenvalue weighted by atomic mass is 16.5. The van der Waals surface area contributed by atoms with Gasteiger partial charge >= 0.3 is 11.9 Å². The van der Waals surface area contributed by atoms with E-state index in [4.69, 9.17) is 9.47 Å². The van der Waals surface area contributed by atoms with Crippen molar-refractivity contribution >= 4 is 11.9 Å². The molecular weight excluding hydrogens is 546 g/mol. The van der Waals surface area contributed by atoms with E-state index in [1.165, 1.54) is 129 Å². The molecule has 0 radical (unpaired) electrons. The Balaban J connectivity index is 3.33. The summed E-state index contributed by atoms with van der Waals surface area (Å²) >= 11 is 0. The third-order valence-corrected chi connectivity index (χ3v) is 8.72. The van der Waals surface area contributed by atoms with Gasteiger partial charge in [-0.2, -0.15) is 0 Å². The van der Waals surface area contributed by atoms with E-state index >= 15 is 0 Å². The Kier molecular flexibility index (Phi) is 32.4. The van der Waals surface area contributed by atoms with Crippen LogP contribution >= 0.6 is 0 Å². The van der Waals surface area contributed by atoms with Crippen LogP contribution in [0.2, 0.25) is 0 Å². The molecule has 0 amide bonds. The number of ether oxygens (including phenoxy) is 2. The van der Waals surface area contributed by atoms with Crippen molar-refractivity contribution < 1.29 is 19.1 Å². The van der Waals surface area contributed by atoms with E-state index in [0.717, 1.165) is 50.4 Å². The van der Waals surface area contributed by atoms with Crippen LogP contribution in [0.3, 0.4) is 0 Å². The Morgan fingerprint density at radius 2 is 0.727 bits per heavy atom. The molecule has 0 atom stereocenters. The van der Waals surface area contributed by atoms with Crippen molar-refractivity contribution in [2.75, 3.05) is 33.4 Å². The molecule has 0 rings (SSSR count). The standard InChI is InChI=1S/C39H77NO4/c1-36(2)28-20-12-10-18-26-34-43-38(41)30-22-14-6-8-16-24-32-40(5)33-25-17-9-7-15-23-31-39(42)44-35-27-19-11-13-21-29-37(3)4/h36-37H,6-35H2,1-5H3. The van der Waals surface area contributed by atoms with Crippen LogP contribution in [-0.4, -0.2) is 50.2 Å². The van der Waals surface area contributed by atoms with Gasteiger partial charge in [-0.05, 0) is 70.5 Å². The van der Waals surface area contributed by atoms with Gasteiger partial charge in [-0.15, -0.1) is 0 Å². The lowest BCUT2D eigenvalue weighted by molar-refractivity contribution is -0.144. The summed E-state index contributed by atoms with van der Waals surface area (Å²) in [4.78, 5) is 26.3. The molecule has 0 unspecified atom stereocenters. The van der Waals surface area contributed by atoms with Gasteiger partial charge in [0.15, 0.2) is 0 Å². The Labute approximate surface area is 275 Å². The summed E-state index contributed by atoms with van der Waals surface area (Å²) in [5.74, 6) is 1.61. The molecule has 0 aromatic carbocycles. The fourth-order valence-electron chi connectivity index (χ4n) is 5.71. The molecule has 5 nitrogen and oxygen atoms in total. The van der Waals surface area contributed by atoms with E-state index in [2.05, 4.69) is 39.6 Å². The third-order valence-electron chi connectivity index (χ3n) is 8.72. The van der Waals surface area contributed by atoms with E-state index in [0.29, 0.717) is 26.1 Å². The van der Waals surface area contributed by atoms with Crippen LogP contribution in [0.4, 0.5) is 0 Å². The fraction of sp³-hybridized carbons (Fsp3) is 0.949. The molecule has 0 aliphatic carbocycles. The topological polar surface area (TPSA) is 55.8 Å². The average molecular weight is 624 g/mol. The number of nitrogens with zero attached hydrogens (tertiary/aromatic N) is 1. The van der Waals surface area contributed by atoms with Crippen LogP contribution in [0.25, 0.3) is 0 Å². The van der Waals surface area contributed by atoms with Crippen molar-refractivity contribution in [1.82, 2.24) is 4.90 Å². The summed E-state index contributed by atoms with van der Waals surface area (Å²) in [6.07, 6.45) is 30.3. The van der Waals surface area contributed by atoms with Crippen LogP contribution in [0, 0.1) is 11.8 Å². The number of hydrogen-bond donors (Lipinski definition) is 0. The number of carbonyl (C=O) groups is 2. The largest absolute Gasteiger partial charge is 0.466 e. The lowest BCUT2D eigenvalue weighted by Crippen LogP contribution is -2.20. The van der Waals surface area contributed by atoms with Gasteiger partial charge in [0.05, 0.1) is 13.2 Å². The second kappa shape index (κ2) is 33.3. The summed E-state index contributed by atoms with van der Waals surface area (Å²) < 4.78 is 10.8. The van der Waals surface area contributed by atoms with Crippen LogP contribution < -0.4 is 0 Å². The van der Waals surface area contributed by atoms with E-state index in [1.54, 1.807) is 0 Å². The van der Waals surface area contributed by atoms with Gasteiger partial charge in [0.1, 0.15) is 0 Å². The summed E-state index contributed by atoms with van der Waals surface area (Å²) in [5.41, 5.74) is 0. The molecule has 0 heterocycles. The fourth-order valence-corrected chi connectivity index (χ4v) is 5.71. The Bertz CT molecular complexity index is 569. The summed E-state index contributed by atoms with van der Waals surface area (Å²) in [5, 5.41) is 0. The first-order chi connectivity index (χ1) is 21.3. The van der Waals surface area contributed by atoms with Gasteiger partial charge in [0.25, 0.3) is 0 Å². The Morgan fingerprint density at radius 3 is 1.09 bits per heavy atom. The van der Waals surface area contributed by atoms with Crippen LogP contribution in [-0.2, 0) is 19.1 Å². The molecule has 0 spiro atoms. The third kappa shape index (κ3) is 35.4. The predicted molar refractivity (Wildman–Crippen MR) is 189 cm³/mol. The molecule has 0 N–H and O–H groups in total. The van der Waals surface area contributed by atoms with E-state index in [1.807, 2.05) is 0 Å². The van der Waals surface area contributed by atoms with E-state index in [9.17, 15) is 9.59 Å².